The van der Waals surface area contributed by atoms with Crippen molar-refractivity contribution < 1.29 is 5.11 Å². The highest BCUT2D eigenvalue weighted by molar-refractivity contribution is 4.93. The number of aliphatic hydroxyl groups is 1. The van der Waals surface area contributed by atoms with Gasteiger partial charge in [-0.2, -0.15) is 0 Å². The molecule has 0 aromatic rings. The normalized spacial score (nSPS) is 31.3. The van der Waals surface area contributed by atoms with Crippen LogP contribution in [0.4, 0.5) is 0 Å². The highest BCUT2D eigenvalue weighted by Gasteiger charge is 2.39. The van der Waals surface area contributed by atoms with Crippen molar-refractivity contribution in [2.24, 2.45) is 17.8 Å². The second kappa shape index (κ2) is 6.02. The molecule has 0 aromatic heterocycles. The van der Waals surface area contributed by atoms with E-state index in [1.807, 2.05) is 0 Å². The van der Waals surface area contributed by atoms with Gasteiger partial charge in [-0.25, -0.2) is 0 Å². The Morgan fingerprint density at radius 1 is 1.25 bits per heavy atom. The summed E-state index contributed by atoms with van der Waals surface area (Å²) in [4.78, 5) is 0. The van der Waals surface area contributed by atoms with Crippen LogP contribution in [0.3, 0.4) is 0 Å². The van der Waals surface area contributed by atoms with Gasteiger partial charge in [0.25, 0.3) is 0 Å². The van der Waals surface area contributed by atoms with Crippen molar-refractivity contribution in [1.82, 2.24) is 5.32 Å². The fourth-order valence-electron chi connectivity index (χ4n) is 3.00. The average molecular weight is 227 g/mol. The Bertz CT molecular complexity index is 203. The van der Waals surface area contributed by atoms with Crippen LogP contribution in [0.1, 0.15) is 53.4 Å². The lowest BCUT2D eigenvalue weighted by molar-refractivity contribution is -0.0640. The van der Waals surface area contributed by atoms with Crippen molar-refractivity contribution in [3.8, 4) is 0 Å². The van der Waals surface area contributed by atoms with Crippen LogP contribution >= 0.6 is 0 Å². The van der Waals surface area contributed by atoms with Gasteiger partial charge >= 0.3 is 0 Å². The predicted molar refractivity (Wildman–Crippen MR) is 69.5 cm³/mol. The van der Waals surface area contributed by atoms with E-state index in [4.69, 9.17) is 0 Å². The van der Waals surface area contributed by atoms with Crippen molar-refractivity contribution in [3.05, 3.63) is 0 Å². The van der Waals surface area contributed by atoms with Gasteiger partial charge in [-0.05, 0) is 37.1 Å². The van der Waals surface area contributed by atoms with Crippen LogP contribution < -0.4 is 5.32 Å². The fourth-order valence-corrected chi connectivity index (χ4v) is 3.00. The van der Waals surface area contributed by atoms with E-state index in [9.17, 15) is 5.11 Å². The molecule has 96 valence electrons. The van der Waals surface area contributed by atoms with Gasteiger partial charge in [0.2, 0.25) is 0 Å². The third-order valence-corrected chi connectivity index (χ3v) is 3.85. The first-order chi connectivity index (χ1) is 7.46. The van der Waals surface area contributed by atoms with Gasteiger partial charge in [0, 0.05) is 6.54 Å². The predicted octanol–water partition coefficient (Wildman–Crippen LogP) is 2.81. The maximum absolute atomic E-state index is 10.8. The SMILES string of the molecule is CC(C)CNCC1(O)CCCCC1C(C)C. The highest BCUT2D eigenvalue weighted by Crippen LogP contribution is 2.37. The summed E-state index contributed by atoms with van der Waals surface area (Å²) in [5, 5.41) is 14.2. The molecule has 1 aliphatic rings. The van der Waals surface area contributed by atoms with E-state index in [1.165, 1.54) is 19.3 Å². The van der Waals surface area contributed by atoms with E-state index in [1.54, 1.807) is 0 Å². The van der Waals surface area contributed by atoms with E-state index in [0.717, 1.165) is 19.5 Å². The molecular formula is C14H29NO. The first-order valence-corrected chi connectivity index (χ1v) is 6.89. The van der Waals surface area contributed by atoms with Crippen LogP contribution in [0.2, 0.25) is 0 Å². The molecule has 0 heterocycles. The van der Waals surface area contributed by atoms with Crippen LogP contribution in [0.25, 0.3) is 0 Å². The highest BCUT2D eigenvalue weighted by atomic mass is 16.3. The van der Waals surface area contributed by atoms with E-state index < -0.39 is 5.60 Å². The molecule has 0 amide bonds. The molecule has 0 bridgehead atoms. The van der Waals surface area contributed by atoms with Gasteiger partial charge in [0.05, 0.1) is 5.60 Å². The van der Waals surface area contributed by atoms with Gasteiger partial charge in [-0.15, -0.1) is 0 Å². The molecule has 2 unspecified atom stereocenters. The van der Waals surface area contributed by atoms with Gasteiger partial charge < -0.3 is 10.4 Å². The Morgan fingerprint density at radius 2 is 1.94 bits per heavy atom. The summed E-state index contributed by atoms with van der Waals surface area (Å²) >= 11 is 0. The summed E-state index contributed by atoms with van der Waals surface area (Å²) in [6, 6.07) is 0. The Hall–Kier alpha value is -0.0800. The topological polar surface area (TPSA) is 32.3 Å². The smallest absolute Gasteiger partial charge is 0.0801 e. The largest absolute Gasteiger partial charge is 0.388 e. The minimum absolute atomic E-state index is 0.457. The first kappa shape index (κ1) is 14.0. The summed E-state index contributed by atoms with van der Waals surface area (Å²) < 4.78 is 0. The molecule has 0 saturated heterocycles. The zero-order chi connectivity index (χ0) is 12.2. The Morgan fingerprint density at radius 3 is 2.50 bits per heavy atom. The first-order valence-electron chi connectivity index (χ1n) is 6.89. The van der Waals surface area contributed by atoms with Gasteiger partial charge in [-0.1, -0.05) is 40.5 Å². The third-order valence-electron chi connectivity index (χ3n) is 3.85. The molecule has 16 heavy (non-hydrogen) atoms. The summed E-state index contributed by atoms with van der Waals surface area (Å²) in [6.07, 6.45) is 4.64. The van der Waals surface area contributed by atoms with Gasteiger partial charge in [0.15, 0.2) is 0 Å². The van der Waals surface area contributed by atoms with Crippen LogP contribution in [-0.2, 0) is 0 Å². The zero-order valence-electron chi connectivity index (χ0n) is 11.4. The standard InChI is InChI=1S/C14H29NO/c1-11(2)9-15-10-14(16)8-6-5-7-13(14)12(3)4/h11-13,15-16H,5-10H2,1-4H3. The summed E-state index contributed by atoms with van der Waals surface area (Å²) in [5.74, 6) is 1.72. The molecule has 2 N–H and O–H groups in total. The molecule has 1 saturated carbocycles. The second-order valence-electron chi connectivity index (χ2n) is 6.22. The monoisotopic (exact) mass is 227 g/mol. The van der Waals surface area contributed by atoms with Crippen molar-refractivity contribution in [2.45, 2.75) is 59.0 Å². The van der Waals surface area contributed by atoms with E-state index in [0.29, 0.717) is 17.8 Å². The molecule has 1 rings (SSSR count). The number of hydrogen-bond donors (Lipinski definition) is 2. The lowest BCUT2D eigenvalue weighted by atomic mass is 9.70. The molecule has 0 aromatic carbocycles. The number of hydrogen-bond acceptors (Lipinski definition) is 2. The molecule has 2 nitrogen and oxygen atoms in total. The third kappa shape index (κ3) is 3.74. The van der Waals surface area contributed by atoms with Crippen molar-refractivity contribution >= 4 is 0 Å². The molecule has 2 atom stereocenters. The minimum atomic E-state index is -0.457. The van der Waals surface area contributed by atoms with Crippen molar-refractivity contribution in [3.63, 3.8) is 0 Å². The quantitative estimate of drug-likeness (QED) is 0.757. The van der Waals surface area contributed by atoms with Crippen molar-refractivity contribution in [2.75, 3.05) is 13.1 Å². The van der Waals surface area contributed by atoms with Crippen LogP contribution in [0.15, 0.2) is 0 Å². The molecular weight excluding hydrogens is 198 g/mol. The van der Waals surface area contributed by atoms with E-state index >= 15 is 0 Å². The van der Waals surface area contributed by atoms with Gasteiger partial charge in [0.1, 0.15) is 0 Å². The van der Waals surface area contributed by atoms with Gasteiger partial charge in [-0.3, -0.25) is 0 Å². The van der Waals surface area contributed by atoms with E-state index in [-0.39, 0.29) is 0 Å². The van der Waals surface area contributed by atoms with E-state index in [2.05, 4.69) is 33.0 Å². The fraction of sp³-hybridized carbons (Fsp3) is 1.00. The molecule has 0 spiro atoms. The Kier molecular flexibility index (Phi) is 5.26. The number of rotatable bonds is 5. The Balaban J connectivity index is 2.49. The van der Waals surface area contributed by atoms with Crippen LogP contribution in [-0.4, -0.2) is 23.8 Å². The lowest BCUT2D eigenvalue weighted by Gasteiger charge is -2.42. The van der Waals surface area contributed by atoms with Crippen molar-refractivity contribution in [1.29, 1.82) is 0 Å². The maximum atomic E-state index is 10.8. The lowest BCUT2D eigenvalue weighted by Crippen LogP contribution is -2.51. The summed E-state index contributed by atoms with van der Waals surface area (Å²) in [7, 11) is 0. The maximum Gasteiger partial charge on any atom is 0.0801 e. The molecule has 0 radical (unpaired) electrons. The molecule has 0 aliphatic heterocycles. The summed E-state index contributed by atoms with van der Waals surface area (Å²) in [6.45, 7) is 10.7. The zero-order valence-corrected chi connectivity index (χ0v) is 11.4. The van der Waals surface area contributed by atoms with Crippen LogP contribution in [0.5, 0.6) is 0 Å². The second-order valence-corrected chi connectivity index (χ2v) is 6.22. The number of nitrogens with one attached hydrogen (secondary N) is 1. The molecule has 1 aliphatic carbocycles. The van der Waals surface area contributed by atoms with Crippen LogP contribution in [0, 0.1) is 17.8 Å². The Labute approximate surface area is 101 Å². The summed E-state index contributed by atoms with van der Waals surface area (Å²) in [5.41, 5.74) is -0.457. The molecule has 1 fully saturated rings. The molecule has 2 heteroatoms. The average Bonchev–Trinajstić information content (AvgIpc) is 2.16. The minimum Gasteiger partial charge on any atom is -0.388 e.